The summed E-state index contributed by atoms with van der Waals surface area (Å²) in [4.78, 5) is 14.6. The molecule has 20 heavy (non-hydrogen) atoms. The van der Waals surface area contributed by atoms with E-state index in [2.05, 4.69) is 0 Å². The van der Waals surface area contributed by atoms with Crippen LogP contribution in [0.25, 0.3) is 0 Å². The highest BCUT2D eigenvalue weighted by molar-refractivity contribution is 6.31. The highest BCUT2D eigenvalue weighted by Crippen LogP contribution is 2.25. The molecule has 1 aromatic rings. The average molecular weight is 314 g/mol. The number of hydrogen-bond acceptors (Lipinski definition) is 1. The van der Waals surface area contributed by atoms with Crippen molar-refractivity contribution in [1.82, 2.24) is 4.90 Å². The Morgan fingerprint density at radius 1 is 1.30 bits per heavy atom. The van der Waals surface area contributed by atoms with E-state index in [1.807, 2.05) is 24.0 Å². The minimum absolute atomic E-state index is 0.0550. The minimum Gasteiger partial charge on any atom is -0.334 e. The molecule has 0 saturated heterocycles. The van der Waals surface area contributed by atoms with Gasteiger partial charge in [0.2, 0.25) is 0 Å². The van der Waals surface area contributed by atoms with Gasteiger partial charge in [-0.25, -0.2) is 0 Å². The third-order valence-corrected chi connectivity index (χ3v) is 4.60. The van der Waals surface area contributed by atoms with Crippen molar-refractivity contribution in [2.45, 2.75) is 45.1 Å². The number of halogens is 2. The molecule has 0 radical (unpaired) electrons. The van der Waals surface area contributed by atoms with Gasteiger partial charge in [0.25, 0.3) is 5.91 Å². The number of nitrogens with zero attached hydrogens (tertiary/aromatic N) is 1. The molecule has 0 aliphatic heterocycles. The zero-order chi connectivity index (χ0) is 14.5. The fourth-order valence-electron chi connectivity index (χ4n) is 2.83. The Morgan fingerprint density at radius 3 is 2.60 bits per heavy atom. The Morgan fingerprint density at radius 2 is 2.00 bits per heavy atom. The number of benzene rings is 1. The number of carbonyl (C=O) groups is 1. The summed E-state index contributed by atoms with van der Waals surface area (Å²) in [7, 11) is 0. The Kier molecular flexibility index (Phi) is 5.74. The molecule has 2 rings (SSSR count). The summed E-state index contributed by atoms with van der Waals surface area (Å²) in [5, 5.41) is 0.644. The van der Waals surface area contributed by atoms with Crippen LogP contribution in [0, 0.1) is 6.92 Å². The van der Waals surface area contributed by atoms with Gasteiger partial charge in [-0.2, -0.15) is 0 Å². The molecule has 1 aromatic carbocycles. The fourth-order valence-corrected chi connectivity index (χ4v) is 3.19. The minimum atomic E-state index is 0.0550. The van der Waals surface area contributed by atoms with Crippen molar-refractivity contribution in [1.29, 1.82) is 0 Å². The first-order valence-electron chi connectivity index (χ1n) is 7.26. The maximum Gasteiger partial charge on any atom is 0.254 e. The first kappa shape index (κ1) is 15.7. The summed E-state index contributed by atoms with van der Waals surface area (Å²) >= 11 is 12.0. The molecule has 0 spiro atoms. The van der Waals surface area contributed by atoms with Gasteiger partial charge in [-0.3, -0.25) is 4.79 Å². The third-order valence-electron chi connectivity index (χ3n) is 4.02. The van der Waals surface area contributed by atoms with Crippen LogP contribution >= 0.6 is 23.2 Å². The van der Waals surface area contributed by atoms with Gasteiger partial charge in [-0.1, -0.05) is 36.9 Å². The predicted molar refractivity (Wildman–Crippen MR) is 84.8 cm³/mol. The van der Waals surface area contributed by atoms with E-state index in [0.717, 1.165) is 18.4 Å². The van der Waals surface area contributed by atoms with Gasteiger partial charge in [-0.15, -0.1) is 11.6 Å². The summed E-state index contributed by atoms with van der Waals surface area (Å²) in [6.45, 7) is 2.55. The molecule has 1 aliphatic rings. The molecular formula is C16H21Cl2NO. The van der Waals surface area contributed by atoms with Gasteiger partial charge >= 0.3 is 0 Å². The SMILES string of the molecule is Cc1ccc(C(=O)N(CCCl)C2CCCCC2)cc1Cl. The van der Waals surface area contributed by atoms with Gasteiger partial charge in [-0.05, 0) is 37.5 Å². The maximum atomic E-state index is 12.7. The second-order valence-corrected chi connectivity index (χ2v) is 6.23. The molecule has 0 N–H and O–H groups in total. The third kappa shape index (κ3) is 3.67. The fraction of sp³-hybridized carbons (Fsp3) is 0.562. The number of rotatable bonds is 4. The summed E-state index contributed by atoms with van der Waals surface area (Å²) < 4.78 is 0. The number of carbonyl (C=O) groups excluding carboxylic acids is 1. The smallest absolute Gasteiger partial charge is 0.254 e. The summed E-state index contributed by atoms with van der Waals surface area (Å²) in [5.41, 5.74) is 1.65. The second kappa shape index (κ2) is 7.33. The number of aryl methyl sites for hydroxylation is 1. The Bertz CT molecular complexity index is 470. The van der Waals surface area contributed by atoms with E-state index in [0.29, 0.717) is 29.1 Å². The van der Waals surface area contributed by atoms with Crippen LogP contribution in [0.5, 0.6) is 0 Å². The summed E-state index contributed by atoms with van der Waals surface area (Å²) in [6, 6.07) is 5.85. The molecular weight excluding hydrogens is 293 g/mol. The second-order valence-electron chi connectivity index (χ2n) is 5.44. The lowest BCUT2D eigenvalue weighted by molar-refractivity contribution is 0.0649. The van der Waals surface area contributed by atoms with Crippen molar-refractivity contribution in [2.24, 2.45) is 0 Å². The van der Waals surface area contributed by atoms with E-state index >= 15 is 0 Å². The maximum absolute atomic E-state index is 12.7. The highest BCUT2D eigenvalue weighted by Gasteiger charge is 2.25. The molecule has 0 unspecified atom stereocenters. The van der Waals surface area contributed by atoms with Crippen LogP contribution in [-0.2, 0) is 0 Å². The molecule has 1 amide bonds. The molecule has 0 aromatic heterocycles. The quantitative estimate of drug-likeness (QED) is 0.740. The zero-order valence-corrected chi connectivity index (χ0v) is 13.4. The Balaban J connectivity index is 2.18. The number of amides is 1. The monoisotopic (exact) mass is 313 g/mol. The largest absolute Gasteiger partial charge is 0.334 e. The van der Waals surface area contributed by atoms with Crippen molar-refractivity contribution >= 4 is 29.1 Å². The lowest BCUT2D eigenvalue weighted by atomic mass is 9.93. The number of hydrogen-bond donors (Lipinski definition) is 0. The molecule has 1 fully saturated rings. The lowest BCUT2D eigenvalue weighted by Crippen LogP contribution is -2.42. The van der Waals surface area contributed by atoms with Gasteiger partial charge in [0.1, 0.15) is 0 Å². The molecule has 0 atom stereocenters. The van der Waals surface area contributed by atoms with Crippen molar-refractivity contribution in [3.8, 4) is 0 Å². The molecule has 1 saturated carbocycles. The van der Waals surface area contributed by atoms with Gasteiger partial charge in [0.15, 0.2) is 0 Å². The van der Waals surface area contributed by atoms with Crippen LogP contribution in [0.15, 0.2) is 18.2 Å². The average Bonchev–Trinajstić information content (AvgIpc) is 2.48. The number of alkyl halides is 1. The Labute approximate surface area is 131 Å². The van der Waals surface area contributed by atoms with Crippen molar-refractivity contribution in [3.63, 3.8) is 0 Å². The standard InChI is InChI=1S/C16H21Cl2NO/c1-12-7-8-13(11-15(12)18)16(20)19(10-9-17)14-5-3-2-4-6-14/h7-8,11,14H,2-6,9-10H2,1H3. The molecule has 1 aliphatic carbocycles. The topological polar surface area (TPSA) is 20.3 Å². The Hall–Kier alpha value is -0.730. The van der Waals surface area contributed by atoms with E-state index in [1.165, 1.54) is 19.3 Å². The van der Waals surface area contributed by atoms with Crippen LogP contribution in [0.3, 0.4) is 0 Å². The van der Waals surface area contributed by atoms with Crippen molar-refractivity contribution in [3.05, 3.63) is 34.3 Å². The summed E-state index contributed by atoms with van der Waals surface area (Å²) in [5.74, 6) is 0.529. The molecule has 0 heterocycles. The van der Waals surface area contributed by atoms with E-state index in [9.17, 15) is 4.79 Å². The van der Waals surface area contributed by atoms with Crippen molar-refractivity contribution in [2.75, 3.05) is 12.4 Å². The van der Waals surface area contributed by atoms with Crippen LogP contribution in [0.4, 0.5) is 0 Å². The van der Waals surface area contributed by atoms with E-state index in [1.54, 1.807) is 6.07 Å². The normalized spacial score (nSPS) is 16.1. The summed E-state index contributed by atoms with van der Waals surface area (Å²) in [6.07, 6.45) is 5.84. The molecule has 2 nitrogen and oxygen atoms in total. The van der Waals surface area contributed by atoms with Gasteiger partial charge in [0, 0.05) is 29.1 Å². The highest BCUT2D eigenvalue weighted by atomic mass is 35.5. The lowest BCUT2D eigenvalue weighted by Gasteiger charge is -2.34. The van der Waals surface area contributed by atoms with Crippen molar-refractivity contribution < 1.29 is 4.79 Å². The van der Waals surface area contributed by atoms with Crippen LogP contribution in [0.1, 0.15) is 48.0 Å². The van der Waals surface area contributed by atoms with Gasteiger partial charge < -0.3 is 4.90 Å². The molecule has 4 heteroatoms. The van der Waals surface area contributed by atoms with Crippen LogP contribution in [0.2, 0.25) is 5.02 Å². The zero-order valence-electron chi connectivity index (χ0n) is 11.9. The molecule has 110 valence electrons. The first-order valence-corrected chi connectivity index (χ1v) is 8.18. The van der Waals surface area contributed by atoms with E-state index < -0.39 is 0 Å². The predicted octanol–water partition coefficient (Wildman–Crippen LogP) is 4.66. The molecule has 0 bridgehead atoms. The van der Waals surface area contributed by atoms with E-state index in [-0.39, 0.29) is 5.91 Å². The first-order chi connectivity index (χ1) is 9.63. The van der Waals surface area contributed by atoms with Crippen LogP contribution in [-0.4, -0.2) is 29.3 Å². The van der Waals surface area contributed by atoms with Crippen LogP contribution < -0.4 is 0 Å². The van der Waals surface area contributed by atoms with Gasteiger partial charge in [0.05, 0.1) is 0 Å². The van der Waals surface area contributed by atoms with E-state index in [4.69, 9.17) is 23.2 Å².